The van der Waals surface area contributed by atoms with Crippen LogP contribution in [0.5, 0.6) is 0 Å². The fourth-order valence-corrected chi connectivity index (χ4v) is 4.32. The number of piperidine rings is 1. The number of thiocarbonyl (C=S) groups is 1. The molecule has 0 aliphatic carbocycles. The Morgan fingerprint density at radius 1 is 1.26 bits per heavy atom. The predicted octanol–water partition coefficient (Wildman–Crippen LogP) is 5.46. The van der Waals surface area contributed by atoms with Gasteiger partial charge in [-0.05, 0) is 87.1 Å². The zero-order chi connectivity index (χ0) is 22.4. The van der Waals surface area contributed by atoms with Crippen molar-refractivity contribution in [3.63, 3.8) is 0 Å². The Morgan fingerprint density at radius 2 is 2.00 bits per heavy atom. The summed E-state index contributed by atoms with van der Waals surface area (Å²) in [5.41, 5.74) is 4.62. The Balaban J connectivity index is 1.61. The molecule has 2 aromatic carbocycles. The standard InChI is InChI=1S/C25H33N3O2S/c1-5-30-24(29)22-9-6-10-23(18(22)3)27-25(31)26-19(4)20-11-13-21(14-12-20)28-15-7-8-17(2)16-28/h6,9-14,17,19H,5,7-8,15-16H2,1-4H3,(H2,26,27,31). The number of esters is 1. The second-order valence-corrected chi connectivity index (χ2v) is 8.71. The van der Waals surface area contributed by atoms with Crippen LogP contribution >= 0.6 is 12.2 Å². The smallest absolute Gasteiger partial charge is 0.338 e. The van der Waals surface area contributed by atoms with E-state index in [1.165, 1.54) is 24.1 Å². The minimum atomic E-state index is -0.320. The molecule has 2 atom stereocenters. The summed E-state index contributed by atoms with van der Waals surface area (Å²) in [5.74, 6) is 0.433. The highest BCUT2D eigenvalue weighted by atomic mass is 32.1. The van der Waals surface area contributed by atoms with Crippen LogP contribution in [0.2, 0.25) is 0 Å². The molecule has 0 radical (unpaired) electrons. The zero-order valence-corrected chi connectivity index (χ0v) is 19.7. The molecule has 1 heterocycles. The van der Waals surface area contributed by atoms with Gasteiger partial charge >= 0.3 is 5.97 Å². The van der Waals surface area contributed by atoms with E-state index in [-0.39, 0.29) is 12.0 Å². The van der Waals surface area contributed by atoms with Crippen molar-refractivity contribution in [1.82, 2.24) is 5.32 Å². The normalized spacial score (nSPS) is 17.0. The number of nitrogens with zero attached hydrogens (tertiary/aromatic N) is 1. The molecule has 1 aliphatic rings. The molecule has 31 heavy (non-hydrogen) atoms. The maximum atomic E-state index is 12.1. The maximum Gasteiger partial charge on any atom is 0.338 e. The molecule has 1 fully saturated rings. The molecule has 0 spiro atoms. The number of anilines is 2. The third kappa shape index (κ3) is 5.97. The summed E-state index contributed by atoms with van der Waals surface area (Å²) >= 11 is 5.53. The molecule has 5 nitrogen and oxygen atoms in total. The van der Waals surface area contributed by atoms with Crippen LogP contribution in [-0.4, -0.2) is 30.8 Å². The number of ether oxygens (including phenoxy) is 1. The molecule has 3 rings (SSSR count). The Labute approximate surface area is 191 Å². The van der Waals surface area contributed by atoms with Gasteiger partial charge in [0.05, 0.1) is 18.2 Å². The molecular weight excluding hydrogens is 406 g/mol. The van der Waals surface area contributed by atoms with Gasteiger partial charge in [0.1, 0.15) is 0 Å². The van der Waals surface area contributed by atoms with Crippen LogP contribution in [0.15, 0.2) is 42.5 Å². The average molecular weight is 440 g/mol. The summed E-state index contributed by atoms with van der Waals surface area (Å²) in [6, 6.07) is 14.3. The minimum Gasteiger partial charge on any atom is -0.462 e. The highest BCUT2D eigenvalue weighted by molar-refractivity contribution is 7.80. The third-order valence-corrected chi connectivity index (χ3v) is 6.06. The second-order valence-electron chi connectivity index (χ2n) is 8.30. The van der Waals surface area contributed by atoms with E-state index in [0.717, 1.165) is 30.3 Å². The number of benzene rings is 2. The predicted molar refractivity (Wildman–Crippen MR) is 132 cm³/mol. The van der Waals surface area contributed by atoms with Crippen LogP contribution in [0, 0.1) is 12.8 Å². The van der Waals surface area contributed by atoms with Crippen LogP contribution in [0.3, 0.4) is 0 Å². The lowest BCUT2D eigenvalue weighted by Crippen LogP contribution is -2.34. The van der Waals surface area contributed by atoms with Gasteiger partial charge in [0.25, 0.3) is 0 Å². The van der Waals surface area contributed by atoms with E-state index in [1.54, 1.807) is 13.0 Å². The summed E-state index contributed by atoms with van der Waals surface area (Å²) in [7, 11) is 0. The number of nitrogens with one attached hydrogen (secondary N) is 2. The molecular formula is C25H33N3O2S. The van der Waals surface area contributed by atoms with Crippen molar-refractivity contribution in [3.05, 3.63) is 59.2 Å². The van der Waals surface area contributed by atoms with Crippen LogP contribution in [0.4, 0.5) is 11.4 Å². The van der Waals surface area contributed by atoms with Crippen LogP contribution < -0.4 is 15.5 Å². The van der Waals surface area contributed by atoms with Crippen molar-refractivity contribution < 1.29 is 9.53 Å². The highest BCUT2D eigenvalue weighted by Crippen LogP contribution is 2.25. The van der Waals surface area contributed by atoms with Crippen molar-refractivity contribution in [2.45, 2.75) is 46.6 Å². The van der Waals surface area contributed by atoms with E-state index in [2.05, 4.69) is 53.6 Å². The SMILES string of the molecule is CCOC(=O)c1cccc(NC(=S)NC(C)c2ccc(N3CCCC(C)C3)cc2)c1C. The average Bonchev–Trinajstić information content (AvgIpc) is 2.75. The fraction of sp³-hybridized carbons (Fsp3) is 0.440. The first-order chi connectivity index (χ1) is 14.9. The zero-order valence-electron chi connectivity index (χ0n) is 18.9. The molecule has 166 valence electrons. The number of hydrogen-bond acceptors (Lipinski definition) is 4. The molecule has 2 N–H and O–H groups in total. The van der Waals surface area contributed by atoms with Crippen LogP contribution in [0.1, 0.15) is 61.1 Å². The van der Waals surface area contributed by atoms with Gasteiger partial charge in [0.2, 0.25) is 0 Å². The first-order valence-corrected chi connectivity index (χ1v) is 11.5. The van der Waals surface area contributed by atoms with Gasteiger partial charge in [0, 0.05) is 24.5 Å². The molecule has 2 unspecified atom stereocenters. The molecule has 0 saturated carbocycles. The number of rotatable bonds is 6. The van der Waals surface area contributed by atoms with Crippen molar-refractivity contribution in [2.24, 2.45) is 5.92 Å². The van der Waals surface area contributed by atoms with E-state index in [4.69, 9.17) is 17.0 Å². The van der Waals surface area contributed by atoms with E-state index < -0.39 is 0 Å². The van der Waals surface area contributed by atoms with Gasteiger partial charge in [-0.2, -0.15) is 0 Å². The minimum absolute atomic E-state index is 0.0582. The van der Waals surface area contributed by atoms with Gasteiger partial charge in [-0.25, -0.2) is 4.79 Å². The lowest BCUT2D eigenvalue weighted by atomic mass is 9.99. The van der Waals surface area contributed by atoms with Gasteiger partial charge in [-0.15, -0.1) is 0 Å². The number of carbonyl (C=O) groups is 1. The molecule has 2 aromatic rings. The lowest BCUT2D eigenvalue weighted by Gasteiger charge is -2.33. The van der Waals surface area contributed by atoms with Gasteiger partial charge in [0.15, 0.2) is 5.11 Å². The Morgan fingerprint density at radius 3 is 2.68 bits per heavy atom. The molecule has 0 amide bonds. The summed E-state index contributed by atoms with van der Waals surface area (Å²) in [4.78, 5) is 14.6. The van der Waals surface area contributed by atoms with E-state index in [1.807, 2.05) is 19.1 Å². The Bertz CT molecular complexity index is 913. The molecule has 0 bridgehead atoms. The van der Waals surface area contributed by atoms with Gasteiger partial charge in [-0.1, -0.05) is 25.1 Å². The quantitative estimate of drug-likeness (QED) is 0.461. The molecule has 6 heteroatoms. The van der Waals surface area contributed by atoms with E-state index in [9.17, 15) is 4.79 Å². The molecule has 1 aliphatic heterocycles. The molecule has 1 saturated heterocycles. The topological polar surface area (TPSA) is 53.6 Å². The van der Waals surface area contributed by atoms with E-state index >= 15 is 0 Å². The summed E-state index contributed by atoms with van der Waals surface area (Å²) in [6.07, 6.45) is 2.58. The van der Waals surface area contributed by atoms with Crippen LogP contribution in [-0.2, 0) is 4.74 Å². The van der Waals surface area contributed by atoms with Crippen molar-refractivity contribution in [1.29, 1.82) is 0 Å². The number of hydrogen-bond donors (Lipinski definition) is 2. The highest BCUT2D eigenvalue weighted by Gasteiger charge is 2.17. The van der Waals surface area contributed by atoms with Crippen molar-refractivity contribution >= 4 is 34.7 Å². The fourth-order valence-electron chi connectivity index (χ4n) is 4.04. The summed E-state index contributed by atoms with van der Waals surface area (Å²) < 4.78 is 5.13. The second kappa shape index (κ2) is 10.6. The van der Waals surface area contributed by atoms with Gasteiger partial charge < -0.3 is 20.3 Å². The summed E-state index contributed by atoms with van der Waals surface area (Å²) in [5, 5.41) is 7.08. The molecule has 0 aromatic heterocycles. The van der Waals surface area contributed by atoms with Crippen molar-refractivity contribution in [2.75, 3.05) is 29.9 Å². The van der Waals surface area contributed by atoms with Crippen LogP contribution in [0.25, 0.3) is 0 Å². The monoisotopic (exact) mass is 439 g/mol. The van der Waals surface area contributed by atoms with Crippen molar-refractivity contribution in [3.8, 4) is 0 Å². The largest absolute Gasteiger partial charge is 0.462 e. The summed E-state index contributed by atoms with van der Waals surface area (Å²) in [6.45, 7) is 10.7. The van der Waals surface area contributed by atoms with Gasteiger partial charge in [-0.3, -0.25) is 0 Å². The Kier molecular flexibility index (Phi) is 7.91. The lowest BCUT2D eigenvalue weighted by molar-refractivity contribution is 0.0525. The third-order valence-electron chi connectivity index (χ3n) is 5.84. The Hall–Kier alpha value is -2.60. The maximum absolute atomic E-state index is 12.1. The van der Waals surface area contributed by atoms with E-state index in [0.29, 0.717) is 17.3 Å². The first-order valence-electron chi connectivity index (χ1n) is 11.1. The first kappa shape index (κ1) is 23.1. The number of carbonyl (C=O) groups excluding carboxylic acids is 1.